The molecule has 3 rings (SSSR count). The number of rotatable bonds is 10. The highest BCUT2D eigenvalue weighted by Crippen LogP contribution is 2.36. The number of hydrogen-bond donors (Lipinski definition) is 2. The van der Waals surface area contributed by atoms with E-state index < -0.39 is 0 Å². The van der Waals surface area contributed by atoms with Crippen molar-refractivity contribution in [3.05, 3.63) is 58.2 Å². The largest absolute Gasteiger partial charge is 0.507 e. The van der Waals surface area contributed by atoms with E-state index in [9.17, 15) is 9.90 Å². The Morgan fingerprint density at radius 3 is 2.39 bits per heavy atom. The number of carbonyl (C=O) groups is 1. The highest BCUT2D eigenvalue weighted by atomic mass is 79.9. The van der Waals surface area contributed by atoms with Crippen molar-refractivity contribution in [2.45, 2.75) is 27.3 Å². The predicted octanol–water partition coefficient (Wildman–Crippen LogP) is 5.55. The van der Waals surface area contributed by atoms with Crippen LogP contribution in [-0.2, 0) is 11.3 Å². The molecule has 9 heteroatoms. The number of ether oxygens (including phenoxy) is 1. The van der Waals surface area contributed by atoms with Gasteiger partial charge in [-0.3, -0.25) is 0 Å². The molecule has 2 aromatic carbocycles. The van der Waals surface area contributed by atoms with E-state index in [-0.39, 0.29) is 43.1 Å². The highest BCUT2D eigenvalue weighted by molar-refractivity contribution is 9.10. The maximum Gasteiger partial charge on any atom is 0.340 e. The van der Waals surface area contributed by atoms with Crippen LogP contribution in [0.1, 0.15) is 36.8 Å². The molecule has 2 N–H and O–H groups in total. The van der Waals surface area contributed by atoms with Gasteiger partial charge < -0.3 is 24.6 Å². The van der Waals surface area contributed by atoms with E-state index in [0.29, 0.717) is 22.0 Å². The van der Waals surface area contributed by atoms with Crippen LogP contribution in [-0.4, -0.2) is 53.3 Å². The number of halogens is 3. The third-order valence-electron chi connectivity index (χ3n) is 5.42. The van der Waals surface area contributed by atoms with Gasteiger partial charge in [-0.2, -0.15) is 0 Å². The van der Waals surface area contributed by atoms with Gasteiger partial charge in [0.2, 0.25) is 0 Å². The first-order chi connectivity index (χ1) is 15.0. The van der Waals surface area contributed by atoms with Crippen LogP contribution in [0.3, 0.4) is 0 Å². The second-order valence-electron chi connectivity index (χ2n) is 7.24. The van der Waals surface area contributed by atoms with E-state index in [2.05, 4.69) is 44.6 Å². The summed E-state index contributed by atoms with van der Waals surface area (Å²) in [6, 6.07) is 13.4. The Morgan fingerprint density at radius 2 is 1.79 bits per heavy atom. The first-order valence-electron chi connectivity index (χ1n) is 10.7. The summed E-state index contributed by atoms with van der Waals surface area (Å²) in [5.74, 6) is -0.297. The van der Waals surface area contributed by atoms with Gasteiger partial charge >= 0.3 is 5.97 Å². The minimum atomic E-state index is -0.385. The number of likely N-dealkylation sites (N-methyl/N-ethyl adjacent to an activating group) is 1. The molecule has 0 fully saturated rings. The minimum Gasteiger partial charge on any atom is -0.507 e. The molecule has 0 radical (unpaired) electrons. The third-order valence-corrected chi connectivity index (χ3v) is 6.05. The van der Waals surface area contributed by atoms with Crippen LogP contribution in [0.5, 0.6) is 5.75 Å². The zero-order chi connectivity index (χ0) is 22.4. The highest BCUT2D eigenvalue weighted by Gasteiger charge is 2.25. The lowest BCUT2D eigenvalue weighted by atomic mass is 10.1. The molecule has 6 nitrogen and oxygen atoms in total. The number of nitrogens with one attached hydrogen (secondary N) is 1. The summed E-state index contributed by atoms with van der Waals surface area (Å²) < 4.78 is 8.03. The summed E-state index contributed by atoms with van der Waals surface area (Å²) in [5.41, 5.74) is 3.08. The zero-order valence-electron chi connectivity index (χ0n) is 19.1. The Hall–Kier alpha value is -1.77. The molecule has 1 heterocycles. The van der Waals surface area contributed by atoms with Gasteiger partial charge in [-0.15, -0.1) is 24.8 Å². The van der Waals surface area contributed by atoms with Gasteiger partial charge in [0.25, 0.3) is 0 Å². The Labute approximate surface area is 216 Å². The number of hydrogen-bond acceptors (Lipinski definition) is 5. The summed E-state index contributed by atoms with van der Waals surface area (Å²) >= 11 is 3.42. The van der Waals surface area contributed by atoms with Crippen LogP contribution in [0.4, 0.5) is 0 Å². The summed E-state index contributed by atoms with van der Waals surface area (Å²) in [7, 11) is 0. The van der Waals surface area contributed by atoms with Gasteiger partial charge in [-0.25, -0.2) is 4.79 Å². The van der Waals surface area contributed by atoms with Crippen molar-refractivity contribution in [2.75, 3.05) is 32.8 Å². The number of aromatic nitrogens is 1. The second kappa shape index (κ2) is 13.8. The van der Waals surface area contributed by atoms with Crippen molar-refractivity contribution >= 4 is 57.6 Å². The lowest BCUT2D eigenvalue weighted by Gasteiger charge is -2.18. The monoisotopic (exact) mass is 559 g/mol. The van der Waals surface area contributed by atoms with E-state index >= 15 is 0 Å². The summed E-state index contributed by atoms with van der Waals surface area (Å²) in [5, 5.41) is 14.5. The number of carbonyl (C=O) groups excluding carboxylic acids is 1. The molecule has 0 spiro atoms. The lowest BCUT2D eigenvalue weighted by molar-refractivity contribution is 0.0527. The molecule has 0 saturated heterocycles. The van der Waals surface area contributed by atoms with Crippen molar-refractivity contribution in [3.8, 4) is 11.4 Å². The number of phenols is 1. The molecule has 33 heavy (non-hydrogen) atoms. The number of phenolic OH excluding ortho intramolecular Hbond substituents is 1. The third kappa shape index (κ3) is 6.64. The van der Waals surface area contributed by atoms with Crippen molar-refractivity contribution < 1.29 is 14.6 Å². The van der Waals surface area contributed by atoms with Crippen LogP contribution >= 0.6 is 40.7 Å². The number of esters is 1. The van der Waals surface area contributed by atoms with E-state index in [0.717, 1.165) is 43.1 Å². The van der Waals surface area contributed by atoms with Crippen LogP contribution < -0.4 is 5.32 Å². The average molecular weight is 561 g/mol. The van der Waals surface area contributed by atoms with E-state index in [1.807, 2.05) is 36.4 Å². The summed E-state index contributed by atoms with van der Waals surface area (Å²) in [6.45, 7) is 10.6. The fourth-order valence-electron chi connectivity index (χ4n) is 3.80. The molecular formula is C24H32BrCl2N3O3. The molecule has 0 atom stereocenters. The molecule has 1 aromatic heterocycles. The number of benzene rings is 2. The quantitative estimate of drug-likeness (QED) is 0.251. The van der Waals surface area contributed by atoms with Crippen molar-refractivity contribution in [1.29, 1.82) is 0 Å². The Morgan fingerprint density at radius 1 is 1.12 bits per heavy atom. The second-order valence-corrected chi connectivity index (χ2v) is 8.09. The maximum absolute atomic E-state index is 13.0. The number of fused-ring (bicyclic) bond motifs is 1. The predicted molar refractivity (Wildman–Crippen MR) is 143 cm³/mol. The van der Waals surface area contributed by atoms with Crippen LogP contribution in [0.2, 0.25) is 0 Å². The number of nitrogens with zero attached hydrogens (tertiary/aromatic N) is 2. The van der Waals surface area contributed by atoms with Crippen LogP contribution in [0.15, 0.2) is 46.9 Å². The maximum atomic E-state index is 13.0. The lowest BCUT2D eigenvalue weighted by Crippen LogP contribution is -2.32. The van der Waals surface area contributed by atoms with Gasteiger partial charge in [0.1, 0.15) is 5.75 Å². The van der Waals surface area contributed by atoms with Gasteiger partial charge in [-0.1, -0.05) is 32.0 Å². The minimum absolute atomic E-state index is 0. The first kappa shape index (κ1) is 29.3. The molecular weight excluding hydrogens is 529 g/mol. The van der Waals surface area contributed by atoms with Crippen LogP contribution in [0, 0.1) is 0 Å². The van der Waals surface area contributed by atoms with Gasteiger partial charge in [0.15, 0.2) is 0 Å². The van der Waals surface area contributed by atoms with E-state index in [4.69, 9.17) is 4.74 Å². The van der Waals surface area contributed by atoms with Crippen LogP contribution in [0.25, 0.3) is 16.6 Å². The van der Waals surface area contributed by atoms with Gasteiger partial charge in [0.05, 0.1) is 27.9 Å². The number of aromatic hydroxyl groups is 1. The van der Waals surface area contributed by atoms with Gasteiger partial charge in [-0.05, 0) is 60.2 Å². The SMILES string of the molecule is CCOC(=O)c1c(CNCCN(CC)CC)n(-c2ccccc2)c2cc(Br)c(O)cc12.Cl.Cl. The van der Waals surface area contributed by atoms with Crippen molar-refractivity contribution in [1.82, 2.24) is 14.8 Å². The van der Waals surface area contributed by atoms with Crippen molar-refractivity contribution in [2.24, 2.45) is 0 Å². The average Bonchev–Trinajstić information content (AvgIpc) is 3.08. The molecule has 182 valence electrons. The standard InChI is InChI=1S/C24H30BrN3O3.2ClH/c1-4-27(5-2)13-12-26-16-21-23(24(30)31-6-3)18-14-22(29)19(25)15-20(18)28(21)17-10-8-7-9-11-17;;/h7-11,14-15,26,29H,4-6,12-13,16H2,1-3H3;2*1H. The number of para-hydroxylation sites is 1. The van der Waals surface area contributed by atoms with E-state index in [1.54, 1.807) is 13.0 Å². The molecule has 0 saturated carbocycles. The normalized spacial score (nSPS) is 10.7. The summed E-state index contributed by atoms with van der Waals surface area (Å²) in [6.07, 6.45) is 0. The smallest absolute Gasteiger partial charge is 0.340 e. The molecule has 0 aliphatic rings. The fourth-order valence-corrected chi connectivity index (χ4v) is 4.13. The topological polar surface area (TPSA) is 66.7 Å². The first-order valence-corrected chi connectivity index (χ1v) is 11.5. The molecule has 0 bridgehead atoms. The fraction of sp³-hybridized carbons (Fsp3) is 0.375. The zero-order valence-corrected chi connectivity index (χ0v) is 22.4. The molecule has 0 unspecified atom stereocenters. The Balaban J connectivity index is 0.00000272. The Kier molecular flexibility index (Phi) is 12.3. The molecule has 0 amide bonds. The molecule has 3 aromatic rings. The Bertz CT molecular complexity index is 1040. The van der Waals surface area contributed by atoms with Crippen molar-refractivity contribution in [3.63, 3.8) is 0 Å². The van der Waals surface area contributed by atoms with Gasteiger partial charge in [0, 0.05) is 30.7 Å². The van der Waals surface area contributed by atoms with E-state index in [1.165, 1.54) is 0 Å². The molecule has 0 aliphatic carbocycles. The summed E-state index contributed by atoms with van der Waals surface area (Å²) in [4.78, 5) is 15.3. The molecule has 0 aliphatic heterocycles.